The lowest BCUT2D eigenvalue weighted by atomic mass is 10.0. The molecule has 6 nitrogen and oxygen atoms in total. The molecule has 0 unspecified atom stereocenters. The fourth-order valence-electron chi connectivity index (χ4n) is 2.73. The van der Waals surface area contributed by atoms with Gasteiger partial charge in [-0.1, -0.05) is 0 Å². The molecule has 0 atom stereocenters. The Labute approximate surface area is 144 Å². The topological polar surface area (TPSA) is 105 Å². The largest absolute Gasteiger partial charge is 0.398 e. The van der Waals surface area contributed by atoms with Crippen LogP contribution in [-0.2, 0) is 4.79 Å². The number of nitrogens with one attached hydrogen (secondary N) is 1. The van der Waals surface area contributed by atoms with Crippen molar-refractivity contribution in [1.29, 1.82) is 5.26 Å². The van der Waals surface area contributed by atoms with Gasteiger partial charge in [-0.3, -0.25) is 4.79 Å². The van der Waals surface area contributed by atoms with E-state index < -0.39 is 0 Å². The number of fused-ring (bicyclic) bond motifs is 1. The Bertz CT molecular complexity index is 1020. The molecule has 0 saturated heterocycles. The van der Waals surface area contributed by atoms with Gasteiger partial charge >= 0.3 is 0 Å². The van der Waals surface area contributed by atoms with Crippen LogP contribution >= 0.6 is 0 Å². The molecular weight excluding hydrogens is 314 g/mol. The zero-order valence-electron chi connectivity index (χ0n) is 13.4. The number of carbonyl (C=O) groups is 1. The molecular formula is C19H15N5O. The molecule has 6 heteroatoms. The monoisotopic (exact) mass is 329 g/mol. The van der Waals surface area contributed by atoms with Gasteiger partial charge in [0.2, 0.25) is 5.91 Å². The van der Waals surface area contributed by atoms with Crippen molar-refractivity contribution < 1.29 is 4.79 Å². The SMILES string of the molecule is N#Cc1ccc(-c2cc(N)c3cnc(NC(=O)C4CC4)cc3c2)cn1. The molecule has 3 aromatic rings. The maximum atomic E-state index is 11.9. The lowest BCUT2D eigenvalue weighted by Gasteiger charge is -2.09. The van der Waals surface area contributed by atoms with Gasteiger partial charge in [-0.25, -0.2) is 9.97 Å². The summed E-state index contributed by atoms with van der Waals surface area (Å²) in [6.07, 6.45) is 5.22. The first-order valence-corrected chi connectivity index (χ1v) is 8.01. The number of nitriles is 1. The lowest BCUT2D eigenvalue weighted by molar-refractivity contribution is -0.117. The summed E-state index contributed by atoms with van der Waals surface area (Å²) in [5.41, 5.74) is 8.89. The summed E-state index contributed by atoms with van der Waals surface area (Å²) in [5.74, 6) is 0.671. The Morgan fingerprint density at radius 2 is 2.00 bits per heavy atom. The molecule has 1 aliphatic carbocycles. The average molecular weight is 329 g/mol. The fourth-order valence-corrected chi connectivity index (χ4v) is 2.73. The van der Waals surface area contributed by atoms with Crippen LogP contribution in [0.25, 0.3) is 21.9 Å². The van der Waals surface area contributed by atoms with Crippen molar-refractivity contribution in [2.24, 2.45) is 5.92 Å². The van der Waals surface area contributed by atoms with E-state index in [-0.39, 0.29) is 11.8 Å². The molecule has 2 heterocycles. The molecule has 3 N–H and O–H groups in total. The van der Waals surface area contributed by atoms with Crippen LogP contribution in [0.3, 0.4) is 0 Å². The minimum absolute atomic E-state index is 0.0206. The predicted molar refractivity (Wildman–Crippen MR) is 95.5 cm³/mol. The van der Waals surface area contributed by atoms with Gasteiger partial charge in [-0.05, 0) is 54.1 Å². The number of nitrogens with two attached hydrogens (primary N) is 1. The van der Waals surface area contributed by atoms with Crippen molar-refractivity contribution in [1.82, 2.24) is 9.97 Å². The normalized spacial score (nSPS) is 13.4. The first-order valence-electron chi connectivity index (χ1n) is 8.01. The number of hydrogen-bond acceptors (Lipinski definition) is 5. The molecule has 4 rings (SSSR count). The molecule has 0 radical (unpaired) electrons. The number of aromatic nitrogens is 2. The van der Waals surface area contributed by atoms with Crippen LogP contribution in [0.4, 0.5) is 11.5 Å². The van der Waals surface area contributed by atoms with E-state index in [1.54, 1.807) is 18.5 Å². The van der Waals surface area contributed by atoms with Crippen LogP contribution in [0.15, 0.2) is 42.7 Å². The van der Waals surface area contributed by atoms with E-state index >= 15 is 0 Å². The van der Waals surface area contributed by atoms with E-state index in [9.17, 15) is 4.79 Å². The molecule has 0 bridgehead atoms. The summed E-state index contributed by atoms with van der Waals surface area (Å²) < 4.78 is 0. The number of nitrogen functional groups attached to an aromatic ring is 1. The Morgan fingerprint density at radius 1 is 1.16 bits per heavy atom. The quantitative estimate of drug-likeness (QED) is 0.718. The number of pyridine rings is 2. The van der Waals surface area contributed by atoms with Gasteiger partial charge in [-0.15, -0.1) is 0 Å². The maximum Gasteiger partial charge on any atom is 0.228 e. The molecule has 25 heavy (non-hydrogen) atoms. The summed E-state index contributed by atoms with van der Waals surface area (Å²) in [6, 6.07) is 11.2. The average Bonchev–Trinajstić information content (AvgIpc) is 3.46. The van der Waals surface area contributed by atoms with Crippen molar-refractivity contribution in [2.75, 3.05) is 11.1 Å². The molecule has 1 fully saturated rings. The number of anilines is 2. The van der Waals surface area contributed by atoms with E-state index in [2.05, 4.69) is 15.3 Å². The van der Waals surface area contributed by atoms with Crippen molar-refractivity contribution >= 4 is 28.2 Å². The number of carbonyl (C=O) groups excluding carboxylic acids is 1. The third kappa shape index (κ3) is 3.00. The molecule has 1 aromatic carbocycles. The Kier molecular flexibility index (Phi) is 3.55. The highest BCUT2D eigenvalue weighted by atomic mass is 16.2. The Hall–Kier alpha value is -3.46. The van der Waals surface area contributed by atoms with E-state index in [4.69, 9.17) is 11.0 Å². The summed E-state index contributed by atoms with van der Waals surface area (Å²) in [5, 5.41) is 13.4. The van der Waals surface area contributed by atoms with Gasteiger partial charge in [0, 0.05) is 34.9 Å². The first kappa shape index (κ1) is 15.1. The molecule has 2 aromatic heterocycles. The number of hydrogen-bond donors (Lipinski definition) is 2. The van der Waals surface area contributed by atoms with Gasteiger partial charge < -0.3 is 11.1 Å². The maximum absolute atomic E-state index is 11.9. The van der Waals surface area contributed by atoms with Gasteiger partial charge in [0.05, 0.1) is 0 Å². The second-order valence-electron chi connectivity index (χ2n) is 6.16. The zero-order chi connectivity index (χ0) is 17.4. The minimum atomic E-state index is 0.0206. The molecule has 0 aliphatic heterocycles. The third-order valence-electron chi connectivity index (χ3n) is 4.28. The highest BCUT2D eigenvalue weighted by molar-refractivity contribution is 5.99. The van der Waals surface area contributed by atoms with Crippen LogP contribution in [0.2, 0.25) is 0 Å². The third-order valence-corrected chi connectivity index (χ3v) is 4.28. The van der Waals surface area contributed by atoms with E-state index in [0.717, 1.165) is 34.7 Å². The molecule has 0 spiro atoms. The van der Waals surface area contributed by atoms with E-state index in [1.807, 2.05) is 30.3 Å². The zero-order valence-corrected chi connectivity index (χ0v) is 13.4. The van der Waals surface area contributed by atoms with Crippen LogP contribution in [-0.4, -0.2) is 15.9 Å². The molecule has 122 valence electrons. The van der Waals surface area contributed by atoms with Crippen LogP contribution in [0, 0.1) is 17.2 Å². The van der Waals surface area contributed by atoms with Gasteiger partial charge in [-0.2, -0.15) is 5.26 Å². The first-order chi connectivity index (χ1) is 12.1. The van der Waals surface area contributed by atoms with E-state index in [1.165, 1.54) is 0 Å². The standard InChI is InChI=1S/C19H15N5O/c20-8-15-4-3-12(9-22-15)13-5-14-7-18(24-19(25)11-1-2-11)23-10-16(14)17(21)6-13/h3-7,9-11H,1-2,21H2,(H,23,24,25). The molecule has 1 saturated carbocycles. The summed E-state index contributed by atoms with van der Waals surface area (Å²) >= 11 is 0. The Morgan fingerprint density at radius 3 is 2.68 bits per heavy atom. The van der Waals surface area contributed by atoms with Crippen LogP contribution in [0.1, 0.15) is 18.5 Å². The smallest absolute Gasteiger partial charge is 0.228 e. The van der Waals surface area contributed by atoms with Gasteiger partial charge in [0.25, 0.3) is 0 Å². The number of rotatable bonds is 3. The fraction of sp³-hybridized carbons (Fsp3) is 0.158. The van der Waals surface area contributed by atoms with Crippen molar-refractivity contribution in [3.8, 4) is 17.2 Å². The predicted octanol–water partition coefficient (Wildman–Crippen LogP) is 3.10. The van der Waals surface area contributed by atoms with Crippen molar-refractivity contribution in [3.63, 3.8) is 0 Å². The molecule has 1 aliphatic rings. The lowest BCUT2D eigenvalue weighted by Crippen LogP contribution is -2.14. The summed E-state index contributed by atoms with van der Waals surface area (Å²) in [4.78, 5) is 20.3. The second kappa shape index (κ2) is 5.87. The van der Waals surface area contributed by atoms with Crippen LogP contribution in [0.5, 0.6) is 0 Å². The summed E-state index contributed by atoms with van der Waals surface area (Å²) in [6.45, 7) is 0. The Balaban J connectivity index is 1.72. The van der Waals surface area contributed by atoms with Gasteiger partial charge in [0.15, 0.2) is 0 Å². The second-order valence-corrected chi connectivity index (χ2v) is 6.16. The van der Waals surface area contributed by atoms with Crippen LogP contribution < -0.4 is 11.1 Å². The number of nitrogens with zero attached hydrogens (tertiary/aromatic N) is 3. The van der Waals surface area contributed by atoms with Crippen molar-refractivity contribution in [2.45, 2.75) is 12.8 Å². The van der Waals surface area contributed by atoms with E-state index in [0.29, 0.717) is 17.2 Å². The number of amides is 1. The molecule has 1 amide bonds. The minimum Gasteiger partial charge on any atom is -0.398 e. The van der Waals surface area contributed by atoms with Gasteiger partial charge in [0.1, 0.15) is 17.6 Å². The highest BCUT2D eigenvalue weighted by Crippen LogP contribution is 2.32. The van der Waals surface area contributed by atoms with Crippen molar-refractivity contribution in [3.05, 3.63) is 48.4 Å². The summed E-state index contributed by atoms with van der Waals surface area (Å²) in [7, 11) is 0. The number of benzene rings is 1. The highest BCUT2D eigenvalue weighted by Gasteiger charge is 2.29.